The number of hydrogen-bond acceptors (Lipinski definition) is 1. The van der Waals surface area contributed by atoms with Crippen LogP contribution >= 0.6 is 0 Å². The van der Waals surface area contributed by atoms with E-state index in [9.17, 15) is 4.79 Å². The smallest absolute Gasteiger partial charge is 0.328 e. The van der Waals surface area contributed by atoms with Gasteiger partial charge in [0.1, 0.15) is 0 Å². The predicted molar refractivity (Wildman–Crippen MR) is 91.6 cm³/mol. The lowest BCUT2D eigenvalue weighted by Gasteiger charge is -2.03. The van der Waals surface area contributed by atoms with Crippen LogP contribution in [-0.2, 0) is 4.79 Å². The van der Waals surface area contributed by atoms with Crippen molar-refractivity contribution < 1.29 is 9.90 Å². The maximum atomic E-state index is 10.4. The van der Waals surface area contributed by atoms with Crippen LogP contribution in [0.5, 0.6) is 0 Å². The minimum atomic E-state index is -0.897. The topological polar surface area (TPSA) is 37.3 Å². The molecular formula is C19H34O2. The number of rotatable bonds is 15. The summed E-state index contributed by atoms with van der Waals surface area (Å²) in [7, 11) is 0. The van der Waals surface area contributed by atoms with E-state index < -0.39 is 5.97 Å². The maximum absolute atomic E-state index is 10.4. The second-order valence-electron chi connectivity index (χ2n) is 5.97. The molecule has 0 bridgehead atoms. The van der Waals surface area contributed by atoms with Crippen LogP contribution in [0.2, 0.25) is 0 Å². The monoisotopic (exact) mass is 294 g/mol. The molecule has 1 N–H and O–H groups in total. The Morgan fingerprint density at radius 1 is 0.810 bits per heavy atom. The summed E-state index contributed by atoms with van der Waals surface area (Å²) in [5.41, 5.74) is 0.921. The van der Waals surface area contributed by atoms with E-state index in [0.29, 0.717) is 0 Å². The molecule has 0 rings (SSSR count). The molecule has 0 aromatic heterocycles. The van der Waals surface area contributed by atoms with Crippen molar-refractivity contribution in [2.24, 2.45) is 0 Å². The third kappa shape index (κ3) is 16.9. The number of aliphatic carboxylic acids is 1. The van der Waals surface area contributed by atoms with Gasteiger partial charge in [0, 0.05) is 6.08 Å². The Morgan fingerprint density at radius 2 is 1.24 bits per heavy atom. The fraction of sp³-hybridized carbons (Fsp3) is 0.737. The van der Waals surface area contributed by atoms with Gasteiger partial charge in [0.05, 0.1) is 0 Å². The average Bonchev–Trinajstić information content (AvgIpc) is 2.46. The van der Waals surface area contributed by atoms with Crippen LogP contribution < -0.4 is 0 Å². The first-order valence-corrected chi connectivity index (χ1v) is 8.75. The number of hydrogen-bond donors (Lipinski definition) is 1. The number of carboxylic acid groups (broad SMARTS) is 1. The van der Waals surface area contributed by atoms with Crippen molar-refractivity contribution in [2.45, 2.75) is 90.4 Å². The lowest BCUT2D eigenvalue weighted by atomic mass is 10.0. The van der Waals surface area contributed by atoms with Crippen LogP contribution in [0.3, 0.4) is 0 Å². The Hall–Kier alpha value is -1.05. The van der Waals surface area contributed by atoms with Crippen molar-refractivity contribution in [1.82, 2.24) is 0 Å². The van der Waals surface area contributed by atoms with Crippen molar-refractivity contribution in [1.29, 1.82) is 0 Å². The average molecular weight is 294 g/mol. The van der Waals surface area contributed by atoms with E-state index in [1.807, 2.05) is 0 Å². The highest BCUT2D eigenvalue weighted by Crippen LogP contribution is 2.14. The third-order valence-corrected chi connectivity index (χ3v) is 3.81. The second-order valence-corrected chi connectivity index (χ2v) is 5.97. The Balaban J connectivity index is 3.19. The van der Waals surface area contributed by atoms with Crippen LogP contribution in [0.15, 0.2) is 24.3 Å². The van der Waals surface area contributed by atoms with Crippen LogP contribution in [0.1, 0.15) is 90.4 Å². The molecule has 0 aromatic rings. The molecule has 0 heterocycles. The molecule has 0 radical (unpaired) electrons. The molecule has 21 heavy (non-hydrogen) atoms. The summed E-state index contributed by atoms with van der Waals surface area (Å²) in [6.45, 7) is 6.13. The van der Waals surface area contributed by atoms with Gasteiger partial charge in [-0.2, -0.15) is 0 Å². The SMILES string of the molecule is C=C(/C=C\C(=O)O)CCCCCCCCCCCCCC. The van der Waals surface area contributed by atoms with E-state index in [4.69, 9.17) is 5.11 Å². The molecule has 2 nitrogen and oxygen atoms in total. The minimum absolute atomic E-state index is 0.897. The Kier molecular flexibility index (Phi) is 14.6. The van der Waals surface area contributed by atoms with Gasteiger partial charge in [0.25, 0.3) is 0 Å². The zero-order valence-electron chi connectivity index (χ0n) is 13.9. The van der Waals surface area contributed by atoms with Crippen molar-refractivity contribution in [2.75, 3.05) is 0 Å². The van der Waals surface area contributed by atoms with Crippen molar-refractivity contribution in [3.05, 3.63) is 24.3 Å². The van der Waals surface area contributed by atoms with Crippen molar-refractivity contribution >= 4 is 5.97 Å². The van der Waals surface area contributed by atoms with Crippen LogP contribution in [0.25, 0.3) is 0 Å². The lowest BCUT2D eigenvalue weighted by Crippen LogP contribution is -1.87. The van der Waals surface area contributed by atoms with Crippen LogP contribution in [0, 0.1) is 0 Å². The zero-order valence-corrected chi connectivity index (χ0v) is 13.9. The van der Waals surface area contributed by atoms with Gasteiger partial charge in [-0.3, -0.25) is 0 Å². The number of unbranched alkanes of at least 4 members (excludes halogenated alkanes) is 11. The number of carbonyl (C=O) groups is 1. The number of allylic oxidation sites excluding steroid dienone is 2. The summed E-state index contributed by atoms with van der Waals surface area (Å²) in [5.74, 6) is -0.897. The highest BCUT2D eigenvalue weighted by Gasteiger charge is 1.95. The normalized spacial score (nSPS) is 11.1. The van der Waals surface area contributed by atoms with Crippen LogP contribution in [-0.4, -0.2) is 11.1 Å². The Labute approximate surface area is 131 Å². The molecule has 0 unspecified atom stereocenters. The Morgan fingerprint density at radius 3 is 1.67 bits per heavy atom. The highest BCUT2D eigenvalue weighted by molar-refractivity contribution is 5.80. The van der Waals surface area contributed by atoms with E-state index in [0.717, 1.165) is 18.4 Å². The Bertz CT molecular complexity index is 292. The molecule has 0 fully saturated rings. The first-order valence-electron chi connectivity index (χ1n) is 8.75. The van der Waals surface area contributed by atoms with Crippen molar-refractivity contribution in [3.8, 4) is 0 Å². The van der Waals surface area contributed by atoms with Gasteiger partial charge in [0.15, 0.2) is 0 Å². The molecule has 0 saturated carbocycles. The van der Waals surface area contributed by atoms with Gasteiger partial charge in [-0.1, -0.05) is 95.8 Å². The molecule has 0 spiro atoms. The molecule has 0 aromatic carbocycles. The number of carboxylic acids is 1. The molecule has 0 aliphatic carbocycles. The first kappa shape index (κ1) is 19.9. The van der Waals surface area contributed by atoms with Gasteiger partial charge in [-0.05, 0) is 12.8 Å². The maximum Gasteiger partial charge on any atom is 0.328 e. The first-order chi connectivity index (χ1) is 10.2. The minimum Gasteiger partial charge on any atom is -0.478 e. The molecule has 0 saturated heterocycles. The summed E-state index contributed by atoms with van der Waals surface area (Å²) < 4.78 is 0. The van der Waals surface area contributed by atoms with Crippen LogP contribution in [0.4, 0.5) is 0 Å². The van der Waals surface area contributed by atoms with Gasteiger partial charge in [-0.25, -0.2) is 4.79 Å². The summed E-state index contributed by atoms with van der Waals surface area (Å²) in [6, 6.07) is 0. The lowest BCUT2D eigenvalue weighted by molar-refractivity contribution is -0.131. The van der Waals surface area contributed by atoms with Gasteiger partial charge < -0.3 is 5.11 Å². The largest absolute Gasteiger partial charge is 0.478 e. The van der Waals surface area contributed by atoms with Crippen molar-refractivity contribution in [3.63, 3.8) is 0 Å². The van der Waals surface area contributed by atoms with E-state index >= 15 is 0 Å². The van der Waals surface area contributed by atoms with Gasteiger partial charge in [-0.15, -0.1) is 0 Å². The fourth-order valence-electron chi connectivity index (χ4n) is 2.47. The fourth-order valence-corrected chi connectivity index (χ4v) is 2.47. The summed E-state index contributed by atoms with van der Waals surface area (Å²) in [5, 5.41) is 8.51. The second kappa shape index (κ2) is 15.3. The predicted octanol–water partition coefficient (Wildman–Crippen LogP) is 6.27. The molecule has 0 aliphatic rings. The van der Waals surface area contributed by atoms with E-state index in [1.54, 1.807) is 6.08 Å². The molecule has 0 aliphatic heterocycles. The van der Waals surface area contributed by atoms with Gasteiger partial charge >= 0.3 is 5.97 Å². The molecule has 122 valence electrons. The van der Waals surface area contributed by atoms with E-state index in [1.165, 1.54) is 76.7 Å². The zero-order chi connectivity index (χ0) is 15.8. The molecule has 0 atom stereocenters. The highest BCUT2D eigenvalue weighted by atomic mass is 16.4. The van der Waals surface area contributed by atoms with E-state index in [-0.39, 0.29) is 0 Å². The van der Waals surface area contributed by atoms with E-state index in [2.05, 4.69) is 13.5 Å². The summed E-state index contributed by atoms with van der Waals surface area (Å²) >= 11 is 0. The molecular weight excluding hydrogens is 260 g/mol. The molecule has 0 amide bonds. The summed E-state index contributed by atoms with van der Waals surface area (Å²) in [6.07, 6.45) is 19.8. The molecule has 2 heteroatoms. The third-order valence-electron chi connectivity index (χ3n) is 3.81. The van der Waals surface area contributed by atoms with Gasteiger partial charge in [0.2, 0.25) is 0 Å². The standard InChI is InChI=1S/C19H34O2/c1-3-4-5-6-7-8-9-10-11-12-13-14-15-18(2)16-17-19(20)21/h16-17H,2-15H2,1H3,(H,20,21)/b17-16-. The summed E-state index contributed by atoms with van der Waals surface area (Å²) in [4.78, 5) is 10.4. The quantitative estimate of drug-likeness (QED) is 0.219.